The van der Waals surface area contributed by atoms with Crippen molar-refractivity contribution in [3.63, 3.8) is 0 Å². The first-order valence-electron chi connectivity index (χ1n) is 13.9. The van der Waals surface area contributed by atoms with Crippen LogP contribution in [0.1, 0.15) is 36.1 Å². The highest BCUT2D eigenvalue weighted by Crippen LogP contribution is 2.36. The van der Waals surface area contributed by atoms with Gasteiger partial charge in [-0.2, -0.15) is 0 Å². The molecule has 0 amide bonds. The summed E-state index contributed by atoms with van der Waals surface area (Å²) in [7, 11) is 8.22. The fraction of sp³-hybridized carbons (Fsp3) is 0.424. The Balaban J connectivity index is 1.54. The summed E-state index contributed by atoms with van der Waals surface area (Å²) < 4.78 is 27.1. The molecular weight excluding hydrogens is 520 g/mol. The third-order valence-electron chi connectivity index (χ3n) is 7.75. The Kier molecular flexibility index (Phi) is 10.1. The van der Waals surface area contributed by atoms with Crippen LogP contribution in [0, 0.1) is 0 Å². The van der Waals surface area contributed by atoms with E-state index < -0.39 is 5.60 Å². The Morgan fingerprint density at radius 1 is 0.756 bits per heavy atom. The SMILES string of the molecule is COc1ccc([C@H]2CC(=NCCc3ccc(OC)c(OC)c3)[C@](C)(O)CN2CCc2ccc(OC)c(OC)c2)cc1. The summed E-state index contributed by atoms with van der Waals surface area (Å²) in [6.07, 6.45) is 2.17. The lowest BCUT2D eigenvalue weighted by Gasteiger charge is -2.44. The van der Waals surface area contributed by atoms with Crippen molar-refractivity contribution in [2.24, 2.45) is 4.99 Å². The zero-order valence-corrected chi connectivity index (χ0v) is 25.0. The maximum absolute atomic E-state index is 11.6. The molecule has 2 atom stereocenters. The highest BCUT2D eigenvalue weighted by atomic mass is 16.5. The number of likely N-dealkylation sites (tertiary alicyclic amines) is 1. The van der Waals surface area contributed by atoms with Crippen molar-refractivity contribution in [3.8, 4) is 28.7 Å². The number of nitrogens with zero attached hydrogens (tertiary/aromatic N) is 2. The van der Waals surface area contributed by atoms with E-state index in [9.17, 15) is 5.11 Å². The van der Waals surface area contributed by atoms with Gasteiger partial charge in [-0.3, -0.25) is 9.89 Å². The topological polar surface area (TPSA) is 82.0 Å². The van der Waals surface area contributed by atoms with Crippen LogP contribution < -0.4 is 23.7 Å². The van der Waals surface area contributed by atoms with Gasteiger partial charge in [0.15, 0.2) is 23.0 Å². The maximum atomic E-state index is 11.6. The first kappa shape index (κ1) is 30.2. The molecule has 0 radical (unpaired) electrons. The number of ether oxygens (including phenoxy) is 5. The summed E-state index contributed by atoms with van der Waals surface area (Å²) in [5, 5.41) is 11.6. The second kappa shape index (κ2) is 13.7. The summed E-state index contributed by atoms with van der Waals surface area (Å²) in [4.78, 5) is 7.30. The molecule has 0 aliphatic carbocycles. The number of hydrogen-bond donors (Lipinski definition) is 1. The largest absolute Gasteiger partial charge is 0.497 e. The van der Waals surface area contributed by atoms with Crippen LogP contribution in [0.2, 0.25) is 0 Å². The van der Waals surface area contributed by atoms with E-state index in [2.05, 4.69) is 23.1 Å². The molecule has 1 aliphatic rings. The zero-order valence-electron chi connectivity index (χ0n) is 25.0. The van der Waals surface area contributed by atoms with Crippen LogP contribution in [-0.2, 0) is 12.8 Å². The van der Waals surface area contributed by atoms with Gasteiger partial charge in [0.05, 0.1) is 35.5 Å². The minimum Gasteiger partial charge on any atom is -0.497 e. The number of aliphatic imine (C=N–C) groups is 1. The van der Waals surface area contributed by atoms with Gasteiger partial charge in [0.1, 0.15) is 11.4 Å². The summed E-state index contributed by atoms with van der Waals surface area (Å²) in [5.74, 6) is 3.64. The molecule has 1 saturated heterocycles. The van der Waals surface area contributed by atoms with Crippen LogP contribution >= 0.6 is 0 Å². The molecule has 1 aliphatic heterocycles. The molecule has 0 spiro atoms. The molecule has 0 bridgehead atoms. The summed E-state index contributed by atoms with van der Waals surface area (Å²) in [6.45, 7) is 3.69. The quantitative estimate of drug-likeness (QED) is 0.327. The monoisotopic (exact) mass is 562 g/mol. The molecule has 0 aromatic heterocycles. The number of aliphatic hydroxyl groups is 1. The second-order valence-corrected chi connectivity index (χ2v) is 10.4. The second-order valence-electron chi connectivity index (χ2n) is 10.4. The smallest absolute Gasteiger partial charge is 0.160 e. The summed E-state index contributed by atoms with van der Waals surface area (Å²) in [5.41, 5.74) is 3.19. The van der Waals surface area contributed by atoms with E-state index in [-0.39, 0.29) is 6.04 Å². The van der Waals surface area contributed by atoms with Crippen LogP contribution in [0.5, 0.6) is 28.7 Å². The highest BCUT2D eigenvalue weighted by molar-refractivity contribution is 5.93. The van der Waals surface area contributed by atoms with Crippen molar-refractivity contribution < 1.29 is 28.8 Å². The lowest BCUT2D eigenvalue weighted by atomic mass is 9.84. The van der Waals surface area contributed by atoms with Crippen LogP contribution in [0.4, 0.5) is 0 Å². The van der Waals surface area contributed by atoms with Gasteiger partial charge in [0.25, 0.3) is 0 Å². The van der Waals surface area contributed by atoms with E-state index in [1.807, 2.05) is 49.4 Å². The molecule has 8 nitrogen and oxygen atoms in total. The van der Waals surface area contributed by atoms with E-state index in [0.29, 0.717) is 42.5 Å². The van der Waals surface area contributed by atoms with E-state index in [4.69, 9.17) is 28.7 Å². The van der Waals surface area contributed by atoms with Crippen molar-refractivity contribution in [2.45, 2.75) is 37.8 Å². The maximum Gasteiger partial charge on any atom is 0.160 e. The summed E-state index contributed by atoms with van der Waals surface area (Å²) >= 11 is 0. The molecule has 3 aromatic rings. The molecule has 41 heavy (non-hydrogen) atoms. The average Bonchev–Trinajstić information content (AvgIpc) is 3.00. The van der Waals surface area contributed by atoms with Gasteiger partial charge < -0.3 is 28.8 Å². The Morgan fingerprint density at radius 3 is 1.85 bits per heavy atom. The minimum atomic E-state index is -1.04. The van der Waals surface area contributed by atoms with E-state index in [0.717, 1.165) is 42.0 Å². The molecule has 220 valence electrons. The Bertz CT molecular complexity index is 1320. The van der Waals surface area contributed by atoms with Crippen LogP contribution in [-0.4, -0.2) is 76.5 Å². The van der Waals surface area contributed by atoms with Crippen LogP contribution in [0.3, 0.4) is 0 Å². The molecule has 8 heteroatoms. The molecule has 1 fully saturated rings. The van der Waals surface area contributed by atoms with Gasteiger partial charge in [-0.25, -0.2) is 0 Å². The van der Waals surface area contributed by atoms with E-state index in [1.165, 1.54) is 5.56 Å². The number of methoxy groups -OCH3 is 5. The number of piperidine rings is 1. The first-order chi connectivity index (χ1) is 19.8. The minimum absolute atomic E-state index is 0.0705. The molecule has 1 N–H and O–H groups in total. The predicted octanol–water partition coefficient (Wildman–Crippen LogP) is 5.15. The zero-order chi connectivity index (χ0) is 29.4. The Morgan fingerprint density at radius 2 is 1.32 bits per heavy atom. The molecular formula is C33H42N2O6. The number of β-amino-alcohol motifs (C(OH)–C–C–N with tert-alkyl or cyclic N) is 1. The molecule has 3 aromatic carbocycles. The lowest BCUT2D eigenvalue weighted by molar-refractivity contribution is 0.0369. The molecule has 0 unspecified atom stereocenters. The van der Waals surface area contributed by atoms with Crippen LogP contribution in [0.15, 0.2) is 65.7 Å². The van der Waals surface area contributed by atoms with Crippen molar-refractivity contribution in [3.05, 3.63) is 77.4 Å². The number of benzene rings is 3. The van der Waals surface area contributed by atoms with Crippen molar-refractivity contribution in [1.82, 2.24) is 4.90 Å². The third-order valence-corrected chi connectivity index (χ3v) is 7.75. The average molecular weight is 563 g/mol. The Hall–Kier alpha value is -3.75. The molecule has 1 heterocycles. The number of hydrogen-bond acceptors (Lipinski definition) is 8. The lowest BCUT2D eigenvalue weighted by Crippen LogP contribution is -2.54. The summed E-state index contributed by atoms with van der Waals surface area (Å²) in [6, 6.07) is 20.2. The van der Waals surface area contributed by atoms with E-state index >= 15 is 0 Å². The van der Waals surface area contributed by atoms with Gasteiger partial charge >= 0.3 is 0 Å². The van der Waals surface area contributed by atoms with E-state index in [1.54, 1.807) is 35.5 Å². The van der Waals surface area contributed by atoms with Gasteiger partial charge in [0.2, 0.25) is 0 Å². The fourth-order valence-electron chi connectivity index (χ4n) is 5.42. The first-order valence-corrected chi connectivity index (χ1v) is 13.9. The standard InChI is InChI=1S/C33H42N2O6/c1-33(36)22-35(18-16-24-8-14-29(39-4)31(20-24)41-6)27(25-9-11-26(37-2)12-10-25)21-32(33)34-17-15-23-7-13-28(38-3)30(19-23)40-5/h7-14,19-20,27,36H,15-18,21-22H2,1-6H3/t27-,33-/m1/s1. The van der Waals surface area contributed by atoms with Gasteiger partial charge in [-0.1, -0.05) is 24.3 Å². The van der Waals surface area contributed by atoms with Gasteiger partial charge in [-0.05, 0) is 72.9 Å². The highest BCUT2D eigenvalue weighted by Gasteiger charge is 2.40. The van der Waals surface area contributed by atoms with Crippen LogP contribution in [0.25, 0.3) is 0 Å². The molecule has 0 saturated carbocycles. The molecule has 4 rings (SSSR count). The Labute approximate surface area is 243 Å². The number of rotatable bonds is 12. The van der Waals surface area contributed by atoms with Gasteiger partial charge in [-0.15, -0.1) is 0 Å². The predicted molar refractivity (Wildman–Crippen MR) is 161 cm³/mol. The van der Waals surface area contributed by atoms with Crippen molar-refractivity contribution in [1.29, 1.82) is 0 Å². The fourth-order valence-corrected chi connectivity index (χ4v) is 5.42. The normalized spacial score (nSPS) is 20.1. The van der Waals surface area contributed by atoms with Crippen molar-refractivity contribution >= 4 is 5.71 Å². The van der Waals surface area contributed by atoms with Gasteiger partial charge in [0, 0.05) is 37.8 Å². The third kappa shape index (κ3) is 7.31. The van der Waals surface area contributed by atoms with Crippen molar-refractivity contribution in [2.75, 3.05) is 55.2 Å².